The molecule has 0 bridgehead atoms. The number of rotatable bonds is 2. The number of nitriles is 1. The Morgan fingerprint density at radius 2 is 2.00 bits per heavy atom. The normalized spacial score (nSPS) is 12.0. The number of hydrogen-bond acceptors (Lipinski definition) is 3. The van der Waals surface area contributed by atoms with E-state index in [1.54, 1.807) is 31.3 Å². The van der Waals surface area contributed by atoms with Gasteiger partial charge in [0.15, 0.2) is 0 Å². The molecule has 0 saturated carbocycles. The molecule has 1 atom stereocenters. The molecule has 12 heavy (non-hydrogen) atoms. The maximum absolute atomic E-state index is 8.98. The summed E-state index contributed by atoms with van der Waals surface area (Å²) in [7, 11) is 1.72. The Labute approximate surface area is 71.3 Å². The van der Waals surface area contributed by atoms with Gasteiger partial charge in [0.1, 0.15) is 11.8 Å². The van der Waals surface area contributed by atoms with Crippen LogP contribution >= 0.6 is 0 Å². The van der Waals surface area contributed by atoms with Crippen molar-refractivity contribution in [3.8, 4) is 11.8 Å². The van der Waals surface area contributed by atoms with Crippen LogP contribution in [0.3, 0.4) is 0 Å². The lowest BCUT2D eigenvalue weighted by Gasteiger charge is -2.06. The summed E-state index contributed by atoms with van der Waals surface area (Å²) in [6.07, 6.45) is 0. The van der Waals surface area contributed by atoms with Crippen LogP contribution in [-0.2, 0) is 0 Å². The van der Waals surface area contributed by atoms with Gasteiger partial charge in [0.25, 0.3) is 0 Å². The first-order chi connectivity index (χ1) is 5.77. The van der Waals surface area contributed by atoms with Crippen LogP contribution in [0.4, 0.5) is 0 Å². The van der Waals surface area contributed by atoms with Crippen LogP contribution in [0.2, 0.25) is 0 Å². The highest BCUT2D eigenvalue weighted by Crippen LogP contribution is 2.15. The second kappa shape index (κ2) is 3.74. The van der Waals surface area contributed by atoms with Gasteiger partial charge in [0, 0.05) is 0 Å². The molecule has 0 aliphatic carbocycles. The van der Waals surface area contributed by atoms with Gasteiger partial charge in [-0.15, -0.1) is 0 Å². The topological polar surface area (TPSA) is 56.0 Å². The number of phenols is 1. The summed E-state index contributed by atoms with van der Waals surface area (Å²) in [5, 5.41) is 20.5. The van der Waals surface area contributed by atoms with Crippen LogP contribution < -0.4 is 5.32 Å². The average molecular weight is 162 g/mol. The fraction of sp³-hybridized carbons (Fsp3) is 0.222. The predicted molar refractivity (Wildman–Crippen MR) is 45.5 cm³/mol. The van der Waals surface area contributed by atoms with Crippen molar-refractivity contribution >= 4 is 0 Å². The second-order valence-corrected chi connectivity index (χ2v) is 2.44. The van der Waals surface area contributed by atoms with Crippen LogP contribution in [0.5, 0.6) is 5.75 Å². The summed E-state index contributed by atoms with van der Waals surface area (Å²) >= 11 is 0. The van der Waals surface area contributed by atoms with Crippen molar-refractivity contribution in [1.82, 2.24) is 5.32 Å². The molecule has 3 nitrogen and oxygen atoms in total. The van der Waals surface area contributed by atoms with Crippen molar-refractivity contribution < 1.29 is 5.11 Å². The Balaban J connectivity index is 2.89. The maximum atomic E-state index is 8.98. The quantitative estimate of drug-likeness (QED) is 0.686. The second-order valence-electron chi connectivity index (χ2n) is 2.44. The summed E-state index contributed by atoms with van der Waals surface area (Å²) in [6.45, 7) is 0. The van der Waals surface area contributed by atoms with Gasteiger partial charge in [-0.3, -0.25) is 0 Å². The van der Waals surface area contributed by atoms with Crippen LogP contribution in [0.1, 0.15) is 11.6 Å². The van der Waals surface area contributed by atoms with Crippen LogP contribution in [0.25, 0.3) is 0 Å². The summed E-state index contributed by atoms with van der Waals surface area (Å²) in [5.74, 6) is 0.214. The number of aromatic hydroxyl groups is 1. The standard InChI is InChI=1S/C9H10N2O/c1-11-9(6-10)7-2-4-8(12)5-3-7/h2-5,9,11-12H,1H3/t9-/m1/s1. The largest absolute Gasteiger partial charge is 0.508 e. The molecule has 0 spiro atoms. The van der Waals surface area contributed by atoms with Crippen molar-refractivity contribution in [1.29, 1.82) is 5.26 Å². The van der Waals surface area contributed by atoms with Gasteiger partial charge in [-0.05, 0) is 24.7 Å². The van der Waals surface area contributed by atoms with E-state index in [0.717, 1.165) is 5.56 Å². The molecule has 0 aromatic heterocycles. The SMILES string of the molecule is CN[C@H](C#N)c1ccc(O)cc1. The van der Waals surface area contributed by atoms with Gasteiger partial charge >= 0.3 is 0 Å². The molecular weight excluding hydrogens is 152 g/mol. The highest BCUT2D eigenvalue weighted by atomic mass is 16.3. The summed E-state index contributed by atoms with van der Waals surface area (Å²) in [5.41, 5.74) is 0.859. The maximum Gasteiger partial charge on any atom is 0.121 e. The molecule has 0 heterocycles. The minimum absolute atomic E-state index is 0.214. The van der Waals surface area contributed by atoms with Crippen molar-refractivity contribution in [2.75, 3.05) is 7.05 Å². The molecule has 1 rings (SSSR count). The van der Waals surface area contributed by atoms with E-state index >= 15 is 0 Å². The van der Waals surface area contributed by atoms with E-state index in [9.17, 15) is 0 Å². The van der Waals surface area contributed by atoms with Gasteiger partial charge in [0.2, 0.25) is 0 Å². The van der Waals surface area contributed by atoms with E-state index in [0.29, 0.717) is 0 Å². The molecule has 0 aliphatic heterocycles. The Morgan fingerprint density at radius 3 is 2.42 bits per heavy atom. The monoisotopic (exact) mass is 162 g/mol. The van der Waals surface area contributed by atoms with Crippen LogP contribution in [-0.4, -0.2) is 12.2 Å². The third-order valence-electron chi connectivity index (χ3n) is 1.64. The molecule has 0 saturated heterocycles. The fourth-order valence-electron chi connectivity index (χ4n) is 0.973. The van der Waals surface area contributed by atoms with E-state index in [1.807, 2.05) is 0 Å². The number of phenolic OH excluding ortho intramolecular Hbond substituents is 1. The highest BCUT2D eigenvalue weighted by Gasteiger charge is 2.05. The number of hydrogen-bond donors (Lipinski definition) is 2. The van der Waals surface area contributed by atoms with E-state index in [1.165, 1.54) is 0 Å². The first-order valence-corrected chi connectivity index (χ1v) is 3.63. The first kappa shape index (κ1) is 8.57. The Morgan fingerprint density at radius 1 is 1.42 bits per heavy atom. The van der Waals surface area contributed by atoms with Gasteiger partial charge in [-0.25, -0.2) is 0 Å². The zero-order valence-electron chi connectivity index (χ0n) is 6.78. The van der Waals surface area contributed by atoms with Crippen LogP contribution in [0.15, 0.2) is 24.3 Å². The Kier molecular flexibility index (Phi) is 2.67. The zero-order valence-corrected chi connectivity index (χ0v) is 6.78. The molecule has 0 aliphatic rings. The van der Waals surface area contributed by atoms with Gasteiger partial charge in [-0.2, -0.15) is 5.26 Å². The molecule has 1 aromatic carbocycles. The number of benzene rings is 1. The smallest absolute Gasteiger partial charge is 0.121 e. The van der Waals surface area contributed by atoms with Crippen molar-refractivity contribution in [2.24, 2.45) is 0 Å². The predicted octanol–water partition coefficient (Wildman–Crippen LogP) is 1.18. The molecule has 2 N–H and O–H groups in total. The first-order valence-electron chi connectivity index (χ1n) is 3.63. The van der Waals surface area contributed by atoms with Crippen molar-refractivity contribution in [3.05, 3.63) is 29.8 Å². The van der Waals surface area contributed by atoms with E-state index in [-0.39, 0.29) is 11.8 Å². The average Bonchev–Trinajstić information content (AvgIpc) is 2.10. The van der Waals surface area contributed by atoms with Crippen LogP contribution in [0, 0.1) is 11.3 Å². The lowest BCUT2D eigenvalue weighted by molar-refractivity contribution is 0.475. The molecule has 0 fully saturated rings. The fourth-order valence-corrected chi connectivity index (χ4v) is 0.973. The molecule has 0 radical (unpaired) electrons. The van der Waals surface area contributed by atoms with Gasteiger partial charge in [-0.1, -0.05) is 12.1 Å². The Hall–Kier alpha value is -1.53. The molecule has 3 heteroatoms. The molecule has 0 unspecified atom stereocenters. The van der Waals surface area contributed by atoms with E-state index < -0.39 is 0 Å². The van der Waals surface area contributed by atoms with Crippen molar-refractivity contribution in [3.63, 3.8) is 0 Å². The minimum atomic E-state index is -0.300. The lowest BCUT2D eigenvalue weighted by atomic mass is 10.1. The molecular formula is C9H10N2O. The van der Waals surface area contributed by atoms with Gasteiger partial charge < -0.3 is 10.4 Å². The van der Waals surface area contributed by atoms with E-state index in [2.05, 4.69) is 11.4 Å². The summed E-state index contributed by atoms with van der Waals surface area (Å²) in [4.78, 5) is 0. The van der Waals surface area contributed by atoms with Crippen molar-refractivity contribution in [2.45, 2.75) is 6.04 Å². The zero-order chi connectivity index (χ0) is 8.97. The highest BCUT2D eigenvalue weighted by molar-refractivity contribution is 5.30. The van der Waals surface area contributed by atoms with Gasteiger partial charge in [0.05, 0.1) is 6.07 Å². The lowest BCUT2D eigenvalue weighted by Crippen LogP contribution is -2.13. The Bertz CT molecular complexity index is 286. The molecule has 0 amide bonds. The molecule has 62 valence electrons. The number of nitrogens with zero attached hydrogens (tertiary/aromatic N) is 1. The van der Waals surface area contributed by atoms with E-state index in [4.69, 9.17) is 10.4 Å². The number of nitrogens with one attached hydrogen (secondary N) is 1. The molecule has 1 aromatic rings. The minimum Gasteiger partial charge on any atom is -0.508 e. The summed E-state index contributed by atoms with van der Waals surface area (Å²) in [6, 6.07) is 8.37. The third-order valence-corrected chi connectivity index (χ3v) is 1.64. The summed E-state index contributed by atoms with van der Waals surface area (Å²) < 4.78 is 0. The third kappa shape index (κ3) is 1.74.